The van der Waals surface area contributed by atoms with Gasteiger partial charge in [0, 0.05) is 36.2 Å². The molecule has 0 bridgehead atoms. The van der Waals surface area contributed by atoms with Crippen LogP contribution in [-0.4, -0.2) is 42.2 Å². The summed E-state index contributed by atoms with van der Waals surface area (Å²) in [7, 11) is 0. The van der Waals surface area contributed by atoms with Gasteiger partial charge in [0.15, 0.2) is 6.61 Å². The molecular formula is C25H29N5O3. The Morgan fingerprint density at radius 1 is 1.21 bits per heavy atom. The number of carbonyl (C=O) groups is 1. The third-order valence-corrected chi connectivity index (χ3v) is 6.27. The number of nitrogens with zero attached hydrogens (tertiary/aromatic N) is 3. The highest BCUT2D eigenvalue weighted by Crippen LogP contribution is 2.39. The molecule has 5 rings (SSSR count). The highest BCUT2D eigenvalue weighted by atomic mass is 16.5. The summed E-state index contributed by atoms with van der Waals surface area (Å²) >= 11 is 0. The average Bonchev–Trinajstić information content (AvgIpc) is 3.27. The van der Waals surface area contributed by atoms with Gasteiger partial charge >= 0.3 is 0 Å². The summed E-state index contributed by atoms with van der Waals surface area (Å²) in [6.07, 6.45) is 0.958. The molecule has 1 saturated heterocycles. The van der Waals surface area contributed by atoms with Crippen molar-refractivity contribution in [2.75, 3.05) is 42.3 Å². The predicted octanol–water partition coefficient (Wildman–Crippen LogP) is 3.76. The van der Waals surface area contributed by atoms with Gasteiger partial charge in [-0.15, -0.1) is 0 Å². The van der Waals surface area contributed by atoms with Gasteiger partial charge in [-0.1, -0.05) is 6.07 Å². The van der Waals surface area contributed by atoms with E-state index in [0.29, 0.717) is 30.6 Å². The Kier molecular flexibility index (Phi) is 5.54. The molecule has 2 atom stereocenters. The van der Waals surface area contributed by atoms with E-state index in [1.165, 1.54) is 0 Å². The topological polar surface area (TPSA) is 103 Å². The summed E-state index contributed by atoms with van der Waals surface area (Å²) in [4.78, 5) is 23.9. The molecule has 3 heterocycles. The van der Waals surface area contributed by atoms with Crippen molar-refractivity contribution in [3.8, 4) is 5.75 Å². The predicted molar refractivity (Wildman–Crippen MR) is 129 cm³/mol. The van der Waals surface area contributed by atoms with Crippen molar-refractivity contribution in [3.05, 3.63) is 47.3 Å². The second-order valence-corrected chi connectivity index (χ2v) is 9.02. The average molecular weight is 448 g/mol. The van der Waals surface area contributed by atoms with E-state index in [1.807, 2.05) is 43.0 Å². The van der Waals surface area contributed by atoms with E-state index in [0.717, 1.165) is 52.3 Å². The Labute approximate surface area is 193 Å². The summed E-state index contributed by atoms with van der Waals surface area (Å²) in [6, 6.07) is 9.89. The maximum Gasteiger partial charge on any atom is 0.265 e. The van der Waals surface area contributed by atoms with Crippen LogP contribution in [0, 0.1) is 19.8 Å². The smallest absolute Gasteiger partial charge is 0.265 e. The molecule has 2 aromatic carbocycles. The van der Waals surface area contributed by atoms with Crippen LogP contribution in [0.15, 0.2) is 30.3 Å². The van der Waals surface area contributed by atoms with Crippen molar-refractivity contribution in [3.63, 3.8) is 0 Å². The molecule has 172 valence electrons. The van der Waals surface area contributed by atoms with E-state index >= 15 is 0 Å². The summed E-state index contributed by atoms with van der Waals surface area (Å²) in [5.41, 5.74) is 10.5. The number of nitrogens with one attached hydrogen (secondary N) is 1. The Hall–Kier alpha value is -3.39. The number of rotatable bonds is 5. The molecule has 2 aliphatic heterocycles. The zero-order chi connectivity index (χ0) is 23.1. The Morgan fingerprint density at radius 2 is 2.06 bits per heavy atom. The fourth-order valence-corrected chi connectivity index (χ4v) is 4.62. The van der Waals surface area contributed by atoms with Gasteiger partial charge in [-0.3, -0.25) is 4.79 Å². The van der Waals surface area contributed by atoms with Gasteiger partial charge in [0.25, 0.3) is 5.91 Å². The van der Waals surface area contributed by atoms with E-state index < -0.39 is 0 Å². The van der Waals surface area contributed by atoms with Crippen molar-refractivity contribution in [1.29, 1.82) is 0 Å². The molecular weight excluding hydrogens is 418 g/mol. The monoisotopic (exact) mass is 447 g/mol. The lowest BCUT2D eigenvalue weighted by molar-refractivity contribution is -0.121. The van der Waals surface area contributed by atoms with Gasteiger partial charge in [-0.05, 0) is 56.5 Å². The van der Waals surface area contributed by atoms with E-state index in [2.05, 4.69) is 23.3 Å². The van der Waals surface area contributed by atoms with Gasteiger partial charge in [0.2, 0.25) is 0 Å². The van der Waals surface area contributed by atoms with Crippen molar-refractivity contribution in [1.82, 2.24) is 9.97 Å². The van der Waals surface area contributed by atoms with Crippen molar-refractivity contribution in [2.45, 2.75) is 33.2 Å². The number of amides is 1. The molecule has 3 aromatic rings. The number of nitrogen functional groups attached to an aromatic ring is 1. The van der Waals surface area contributed by atoms with Gasteiger partial charge < -0.3 is 25.4 Å². The minimum absolute atomic E-state index is 0.0228. The molecule has 33 heavy (non-hydrogen) atoms. The number of carbonyl (C=O) groups excluding carboxylic acids is 1. The summed E-state index contributed by atoms with van der Waals surface area (Å²) in [5.74, 6) is 2.33. The second-order valence-electron chi connectivity index (χ2n) is 9.02. The first-order valence-corrected chi connectivity index (χ1v) is 11.3. The SMILES string of the molecule is Cc1cc(N)cc([C@@H](C)Nc2nc(C)nc3cc4c(cc23)N(C[C@@H]2CCOC2)C(=O)CO4)c1. The van der Waals surface area contributed by atoms with Crippen LogP contribution in [0.1, 0.15) is 36.3 Å². The zero-order valence-corrected chi connectivity index (χ0v) is 19.2. The number of aromatic nitrogens is 2. The van der Waals surface area contributed by atoms with Gasteiger partial charge in [-0.25, -0.2) is 9.97 Å². The minimum Gasteiger partial charge on any atom is -0.481 e. The van der Waals surface area contributed by atoms with Crippen molar-refractivity contribution < 1.29 is 14.3 Å². The molecule has 8 nitrogen and oxygen atoms in total. The zero-order valence-electron chi connectivity index (χ0n) is 19.2. The third-order valence-electron chi connectivity index (χ3n) is 6.27. The molecule has 8 heteroatoms. The highest BCUT2D eigenvalue weighted by Gasteiger charge is 2.30. The standard InChI is InChI=1S/C25H29N5O3/c1-14-6-18(8-19(26)7-14)15(2)27-25-20-9-22-23(10-21(20)28-16(3)29-25)33-13-24(31)30(22)11-17-4-5-32-12-17/h6-10,15,17H,4-5,11-13,26H2,1-3H3,(H,27,28,29)/t15-,17+/m1/s1. The van der Waals surface area contributed by atoms with Crippen LogP contribution in [0.5, 0.6) is 5.75 Å². The molecule has 0 radical (unpaired) electrons. The third kappa shape index (κ3) is 4.30. The first-order chi connectivity index (χ1) is 15.9. The lowest BCUT2D eigenvalue weighted by atomic mass is 10.0. The first kappa shape index (κ1) is 21.5. The Morgan fingerprint density at radius 3 is 2.82 bits per heavy atom. The molecule has 0 unspecified atom stereocenters. The second kappa shape index (κ2) is 8.51. The lowest BCUT2D eigenvalue weighted by Gasteiger charge is -2.31. The van der Waals surface area contributed by atoms with Crippen molar-refractivity contribution in [2.24, 2.45) is 5.92 Å². The molecule has 0 spiro atoms. The first-order valence-electron chi connectivity index (χ1n) is 11.3. The van der Waals surface area contributed by atoms with Crippen LogP contribution < -0.4 is 20.7 Å². The fraction of sp³-hybridized carbons (Fsp3) is 0.400. The highest BCUT2D eigenvalue weighted by molar-refractivity contribution is 6.02. The number of benzene rings is 2. The van der Waals surface area contributed by atoms with Gasteiger partial charge in [-0.2, -0.15) is 0 Å². The maximum atomic E-state index is 12.7. The summed E-state index contributed by atoms with van der Waals surface area (Å²) in [6.45, 7) is 8.06. The van der Waals surface area contributed by atoms with Gasteiger partial charge in [0.1, 0.15) is 17.4 Å². The summed E-state index contributed by atoms with van der Waals surface area (Å²) < 4.78 is 11.3. The van der Waals surface area contributed by atoms with Crippen LogP contribution in [0.4, 0.5) is 17.2 Å². The number of aryl methyl sites for hydroxylation is 2. The van der Waals surface area contributed by atoms with E-state index in [9.17, 15) is 4.79 Å². The quantitative estimate of drug-likeness (QED) is 0.574. The largest absolute Gasteiger partial charge is 0.481 e. The lowest BCUT2D eigenvalue weighted by Crippen LogP contribution is -2.41. The molecule has 0 saturated carbocycles. The number of hydrogen-bond acceptors (Lipinski definition) is 7. The van der Waals surface area contributed by atoms with E-state index in [1.54, 1.807) is 0 Å². The molecule has 2 aliphatic rings. The Bertz CT molecular complexity index is 1200. The van der Waals surface area contributed by atoms with Gasteiger partial charge in [0.05, 0.1) is 23.9 Å². The Balaban J connectivity index is 1.54. The van der Waals surface area contributed by atoms with Crippen molar-refractivity contribution >= 4 is 34.0 Å². The van der Waals surface area contributed by atoms with Crippen LogP contribution in [-0.2, 0) is 9.53 Å². The summed E-state index contributed by atoms with van der Waals surface area (Å²) in [5, 5.41) is 4.38. The molecule has 1 fully saturated rings. The van der Waals surface area contributed by atoms with E-state index in [-0.39, 0.29) is 18.6 Å². The van der Waals surface area contributed by atoms with Crippen LogP contribution in [0.2, 0.25) is 0 Å². The number of ether oxygens (including phenoxy) is 2. The number of hydrogen-bond donors (Lipinski definition) is 2. The molecule has 0 aliphatic carbocycles. The number of nitrogens with two attached hydrogens (primary N) is 1. The molecule has 3 N–H and O–H groups in total. The minimum atomic E-state index is -0.0418. The normalized spacial score (nSPS) is 18.8. The molecule has 1 amide bonds. The van der Waals surface area contributed by atoms with Crippen LogP contribution in [0.3, 0.4) is 0 Å². The number of fused-ring (bicyclic) bond motifs is 2. The maximum absolute atomic E-state index is 12.7. The van der Waals surface area contributed by atoms with Crippen LogP contribution >= 0.6 is 0 Å². The molecule has 1 aromatic heterocycles. The number of anilines is 3. The van der Waals surface area contributed by atoms with Crippen LogP contribution in [0.25, 0.3) is 10.9 Å². The van der Waals surface area contributed by atoms with E-state index in [4.69, 9.17) is 20.2 Å². The fourth-order valence-electron chi connectivity index (χ4n) is 4.62.